The van der Waals surface area contributed by atoms with Crippen molar-refractivity contribution in [1.82, 2.24) is 10.6 Å². The van der Waals surface area contributed by atoms with Crippen LogP contribution in [-0.4, -0.2) is 31.1 Å². The van der Waals surface area contributed by atoms with Crippen molar-refractivity contribution >= 4 is 17.7 Å². The number of thioether (sulfide) groups is 1. The predicted octanol–water partition coefficient (Wildman–Crippen LogP) is 3.70. The maximum Gasteiger partial charge on any atom is 0.191 e. The van der Waals surface area contributed by atoms with Crippen LogP contribution in [0, 0.1) is 0 Å². The van der Waals surface area contributed by atoms with Gasteiger partial charge in [0.1, 0.15) is 5.76 Å². The molecule has 24 heavy (non-hydrogen) atoms. The fourth-order valence-electron chi connectivity index (χ4n) is 2.27. The minimum atomic E-state index is 0.682. The molecule has 2 aromatic rings. The zero-order valence-electron chi connectivity index (χ0n) is 14.3. The van der Waals surface area contributed by atoms with Crippen molar-refractivity contribution in [2.75, 3.05) is 25.1 Å². The SMILES string of the molecule is CSCCCCNC(=NCc1ccccc1)NCCc1ccco1. The first-order chi connectivity index (χ1) is 11.9. The van der Waals surface area contributed by atoms with E-state index in [0.717, 1.165) is 37.7 Å². The molecule has 0 fully saturated rings. The Kier molecular flexibility index (Phi) is 8.94. The molecule has 5 heteroatoms. The summed E-state index contributed by atoms with van der Waals surface area (Å²) in [4.78, 5) is 4.69. The number of hydrogen-bond acceptors (Lipinski definition) is 3. The molecule has 1 heterocycles. The topological polar surface area (TPSA) is 49.6 Å². The Morgan fingerprint density at radius 1 is 1.04 bits per heavy atom. The van der Waals surface area contributed by atoms with Crippen LogP contribution in [0.4, 0.5) is 0 Å². The molecule has 0 saturated carbocycles. The van der Waals surface area contributed by atoms with Crippen molar-refractivity contribution in [3.63, 3.8) is 0 Å². The van der Waals surface area contributed by atoms with Crippen LogP contribution < -0.4 is 10.6 Å². The van der Waals surface area contributed by atoms with Crippen LogP contribution in [-0.2, 0) is 13.0 Å². The summed E-state index contributed by atoms with van der Waals surface area (Å²) in [6, 6.07) is 14.2. The highest BCUT2D eigenvalue weighted by atomic mass is 32.2. The summed E-state index contributed by atoms with van der Waals surface area (Å²) >= 11 is 1.90. The molecular formula is C19H27N3OS. The Balaban J connectivity index is 1.80. The van der Waals surface area contributed by atoms with E-state index in [1.165, 1.54) is 17.7 Å². The van der Waals surface area contributed by atoms with E-state index in [2.05, 4.69) is 34.0 Å². The molecular weight excluding hydrogens is 318 g/mol. The van der Waals surface area contributed by atoms with Crippen molar-refractivity contribution in [3.05, 3.63) is 60.1 Å². The fraction of sp³-hybridized carbons (Fsp3) is 0.421. The molecule has 0 aliphatic heterocycles. The summed E-state index contributed by atoms with van der Waals surface area (Å²) < 4.78 is 5.37. The van der Waals surface area contributed by atoms with E-state index in [-0.39, 0.29) is 0 Å². The highest BCUT2D eigenvalue weighted by Gasteiger charge is 2.00. The van der Waals surface area contributed by atoms with Gasteiger partial charge in [0, 0.05) is 19.5 Å². The first-order valence-corrected chi connectivity index (χ1v) is 9.85. The smallest absolute Gasteiger partial charge is 0.191 e. The van der Waals surface area contributed by atoms with Crippen molar-refractivity contribution in [2.24, 2.45) is 4.99 Å². The Labute approximate surface area is 149 Å². The lowest BCUT2D eigenvalue weighted by Gasteiger charge is -2.12. The van der Waals surface area contributed by atoms with Crippen LogP contribution >= 0.6 is 11.8 Å². The predicted molar refractivity (Wildman–Crippen MR) is 104 cm³/mol. The quantitative estimate of drug-likeness (QED) is 0.392. The Bertz CT molecular complexity index is 570. The number of unbranched alkanes of at least 4 members (excludes halogenated alkanes) is 1. The van der Waals surface area contributed by atoms with E-state index in [1.807, 2.05) is 42.1 Å². The molecule has 130 valence electrons. The van der Waals surface area contributed by atoms with E-state index >= 15 is 0 Å². The Morgan fingerprint density at radius 2 is 1.88 bits per heavy atom. The van der Waals surface area contributed by atoms with Crippen molar-refractivity contribution in [3.8, 4) is 0 Å². The largest absolute Gasteiger partial charge is 0.469 e. The molecule has 0 aliphatic rings. The summed E-state index contributed by atoms with van der Waals surface area (Å²) in [7, 11) is 0. The van der Waals surface area contributed by atoms with E-state index < -0.39 is 0 Å². The fourth-order valence-corrected chi connectivity index (χ4v) is 2.76. The van der Waals surface area contributed by atoms with Crippen molar-refractivity contribution in [2.45, 2.75) is 25.8 Å². The second-order valence-electron chi connectivity index (χ2n) is 5.53. The average molecular weight is 346 g/mol. The van der Waals surface area contributed by atoms with Crippen molar-refractivity contribution < 1.29 is 4.42 Å². The molecule has 0 spiro atoms. The number of furan rings is 1. The molecule has 0 radical (unpaired) electrons. The molecule has 2 rings (SSSR count). The van der Waals surface area contributed by atoms with Gasteiger partial charge in [-0.2, -0.15) is 11.8 Å². The van der Waals surface area contributed by atoms with Crippen LogP contribution in [0.25, 0.3) is 0 Å². The highest BCUT2D eigenvalue weighted by molar-refractivity contribution is 7.98. The van der Waals surface area contributed by atoms with Crippen LogP contribution in [0.15, 0.2) is 58.1 Å². The van der Waals surface area contributed by atoms with Gasteiger partial charge in [-0.3, -0.25) is 0 Å². The number of benzene rings is 1. The zero-order valence-corrected chi connectivity index (χ0v) is 15.1. The van der Waals surface area contributed by atoms with Crippen LogP contribution in [0.3, 0.4) is 0 Å². The van der Waals surface area contributed by atoms with Gasteiger partial charge in [0.25, 0.3) is 0 Å². The molecule has 4 nitrogen and oxygen atoms in total. The Hall–Kier alpha value is -1.88. The number of nitrogens with one attached hydrogen (secondary N) is 2. The molecule has 0 saturated heterocycles. The van der Waals surface area contributed by atoms with Crippen LogP contribution in [0.1, 0.15) is 24.2 Å². The third-order valence-electron chi connectivity index (χ3n) is 3.57. The third-order valence-corrected chi connectivity index (χ3v) is 4.27. The lowest BCUT2D eigenvalue weighted by molar-refractivity contribution is 0.506. The average Bonchev–Trinajstić information content (AvgIpc) is 3.13. The second kappa shape index (κ2) is 11.6. The first-order valence-electron chi connectivity index (χ1n) is 8.46. The highest BCUT2D eigenvalue weighted by Crippen LogP contribution is 2.02. The maximum absolute atomic E-state index is 5.37. The number of rotatable bonds is 10. The number of nitrogens with zero attached hydrogens (tertiary/aromatic N) is 1. The number of hydrogen-bond donors (Lipinski definition) is 2. The summed E-state index contributed by atoms with van der Waals surface area (Å²) in [5.74, 6) is 3.07. The summed E-state index contributed by atoms with van der Waals surface area (Å²) in [6.45, 7) is 2.43. The minimum Gasteiger partial charge on any atom is -0.469 e. The molecule has 1 aromatic heterocycles. The molecule has 0 aliphatic carbocycles. The van der Waals surface area contributed by atoms with Gasteiger partial charge in [-0.25, -0.2) is 4.99 Å². The van der Waals surface area contributed by atoms with E-state index in [0.29, 0.717) is 6.54 Å². The van der Waals surface area contributed by atoms with Gasteiger partial charge >= 0.3 is 0 Å². The molecule has 0 amide bonds. The lowest BCUT2D eigenvalue weighted by Crippen LogP contribution is -2.39. The monoisotopic (exact) mass is 345 g/mol. The first kappa shape index (κ1) is 18.5. The van der Waals surface area contributed by atoms with Crippen LogP contribution in [0.5, 0.6) is 0 Å². The molecule has 1 aromatic carbocycles. The maximum atomic E-state index is 5.37. The minimum absolute atomic E-state index is 0.682. The van der Waals surface area contributed by atoms with Gasteiger partial charge in [0.05, 0.1) is 12.8 Å². The van der Waals surface area contributed by atoms with E-state index in [1.54, 1.807) is 6.26 Å². The molecule has 0 bridgehead atoms. The van der Waals surface area contributed by atoms with Gasteiger partial charge in [0.2, 0.25) is 0 Å². The van der Waals surface area contributed by atoms with Gasteiger partial charge in [-0.1, -0.05) is 30.3 Å². The van der Waals surface area contributed by atoms with Gasteiger partial charge in [-0.05, 0) is 42.5 Å². The van der Waals surface area contributed by atoms with Gasteiger partial charge in [0.15, 0.2) is 5.96 Å². The number of guanidine groups is 1. The molecule has 0 unspecified atom stereocenters. The normalized spacial score (nSPS) is 11.5. The van der Waals surface area contributed by atoms with E-state index in [4.69, 9.17) is 4.42 Å². The number of aliphatic imine (C=N–C) groups is 1. The summed E-state index contributed by atoms with van der Waals surface area (Å²) in [5, 5.41) is 6.82. The summed E-state index contributed by atoms with van der Waals surface area (Å²) in [6.07, 6.45) is 7.10. The van der Waals surface area contributed by atoms with Gasteiger partial charge < -0.3 is 15.1 Å². The van der Waals surface area contributed by atoms with Crippen molar-refractivity contribution in [1.29, 1.82) is 0 Å². The lowest BCUT2D eigenvalue weighted by atomic mass is 10.2. The van der Waals surface area contributed by atoms with Crippen LogP contribution in [0.2, 0.25) is 0 Å². The standard InChI is InChI=1S/C19H27N3OS/c1-24-15-6-5-12-20-19(21-13-11-18-10-7-14-23-18)22-16-17-8-3-2-4-9-17/h2-4,7-10,14H,5-6,11-13,15-16H2,1H3,(H2,20,21,22). The third kappa shape index (κ3) is 7.59. The summed E-state index contributed by atoms with van der Waals surface area (Å²) in [5.41, 5.74) is 1.21. The second-order valence-corrected chi connectivity index (χ2v) is 6.52. The zero-order chi connectivity index (χ0) is 16.9. The van der Waals surface area contributed by atoms with Gasteiger partial charge in [-0.15, -0.1) is 0 Å². The Morgan fingerprint density at radius 3 is 2.62 bits per heavy atom. The molecule has 0 atom stereocenters. The van der Waals surface area contributed by atoms with E-state index in [9.17, 15) is 0 Å². The molecule has 2 N–H and O–H groups in total.